The molecule has 1 N–H and O–H groups in total. The molecule has 0 aliphatic rings. The molecule has 1 atom stereocenters. The second-order valence-electron chi connectivity index (χ2n) is 2.51. The van der Waals surface area contributed by atoms with E-state index in [1.807, 2.05) is 16.2 Å². The van der Waals surface area contributed by atoms with Crippen LogP contribution in [0.4, 0.5) is 0 Å². The van der Waals surface area contributed by atoms with E-state index in [-0.39, 0.29) is 24.3 Å². The maximum absolute atomic E-state index is 11.0. The van der Waals surface area contributed by atoms with Gasteiger partial charge in [0.15, 0.2) is 0 Å². The van der Waals surface area contributed by atoms with E-state index in [0.717, 1.165) is 0 Å². The molecule has 0 radical (unpaired) electrons. The first-order chi connectivity index (χ1) is 6.16. The number of carbonyl (C=O) groups excluding carboxylic acids is 2. The van der Waals surface area contributed by atoms with Crippen LogP contribution in [0.5, 0.6) is 0 Å². The Labute approximate surface area is 80.6 Å². The average Bonchev–Trinajstić information content (AvgIpc) is 2.09. The summed E-state index contributed by atoms with van der Waals surface area (Å²) >= 11 is 0. The summed E-state index contributed by atoms with van der Waals surface area (Å²) in [6.45, 7) is 3.59. The van der Waals surface area contributed by atoms with Crippen LogP contribution in [-0.2, 0) is 14.3 Å². The molecular weight excluding hydrogens is 189 g/mol. The van der Waals surface area contributed by atoms with Crippen molar-refractivity contribution < 1.29 is 14.3 Å². The molecule has 1 unspecified atom stereocenters. The molecule has 0 aromatic heterocycles. The number of rotatable bonds is 7. The predicted octanol–water partition coefficient (Wildman–Crippen LogP) is 0.321. The van der Waals surface area contributed by atoms with Crippen LogP contribution in [-0.4, -0.2) is 31.2 Å². The molecule has 13 heavy (non-hydrogen) atoms. The van der Waals surface area contributed by atoms with E-state index in [9.17, 15) is 9.59 Å². The highest BCUT2D eigenvalue weighted by molar-refractivity contribution is 7.40. The third-order valence-corrected chi connectivity index (χ3v) is 1.66. The third kappa shape index (κ3) is 9.44. The summed E-state index contributed by atoms with van der Waals surface area (Å²) < 4.78 is 5.02. The summed E-state index contributed by atoms with van der Waals surface area (Å²) in [5.74, 6) is -0.101. The summed E-state index contributed by atoms with van der Waals surface area (Å²) in [7, 11) is 2.05. The second-order valence-corrected chi connectivity index (χ2v) is 3.16. The molecule has 0 aliphatic carbocycles. The first-order valence-electron chi connectivity index (χ1n) is 4.29. The molecular formula is C8H16NO3P. The fourth-order valence-electron chi connectivity index (χ4n) is 0.732. The van der Waals surface area contributed by atoms with Gasteiger partial charge in [0.2, 0.25) is 5.91 Å². The van der Waals surface area contributed by atoms with E-state index < -0.39 is 0 Å². The van der Waals surface area contributed by atoms with Gasteiger partial charge < -0.3 is 10.1 Å². The van der Waals surface area contributed by atoms with Crippen LogP contribution in [0, 0.1) is 0 Å². The Morgan fingerprint density at radius 2 is 2.08 bits per heavy atom. The van der Waals surface area contributed by atoms with Gasteiger partial charge in [0.1, 0.15) is 5.52 Å². The van der Waals surface area contributed by atoms with Crippen LogP contribution >= 0.6 is 9.24 Å². The summed E-state index contributed by atoms with van der Waals surface area (Å²) in [6.07, 6.45) is 0.541. The highest BCUT2D eigenvalue weighted by Gasteiger charge is 2.01. The first-order valence-corrected chi connectivity index (χ1v) is 4.87. The Kier molecular flexibility index (Phi) is 7.85. The van der Waals surface area contributed by atoms with Crippen molar-refractivity contribution in [3.63, 3.8) is 0 Å². The van der Waals surface area contributed by atoms with Crippen molar-refractivity contribution in [1.29, 1.82) is 0 Å². The zero-order chi connectivity index (χ0) is 10.1. The second kappa shape index (κ2) is 8.14. The highest BCUT2D eigenvalue weighted by Crippen LogP contribution is 1.96. The summed E-state index contributed by atoms with van der Waals surface area (Å²) in [4.78, 5) is 21.5. The van der Waals surface area contributed by atoms with Crippen molar-refractivity contribution in [3.8, 4) is 0 Å². The number of carbonyl (C=O) groups is 2. The van der Waals surface area contributed by atoms with Gasteiger partial charge in [-0.1, -0.05) is 9.24 Å². The van der Waals surface area contributed by atoms with Gasteiger partial charge in [-0.15, -0.1) is 0 Å². The largest absolute Gasteiger partial charge is 0.380 e. The molecule has 76 valence electrons. The van der Waals surface area contributed by atoms with E-state index in [4.69, 9.17) is 4.74 Å². The van der Waals surface area contributed by atoms with E-state index in [0.29, 0.717) is 19.8 Å². The van der Waals surface area contributed by atoms with Crippen LogP contribution in [0.1, 0.15) is 19.8 Å². The zero-order valence-corrected chi connectivity index (χ0v) is 8.99. The van der Waals surface area contributed by atoms with Gasteiger partial charge in [0.05, 0.1) is 6.61 Å². The quantitative estimate of drug-likeness (QED) is 0.481. The van der Waals surface area contributed by atoms with E-state index in [1.54, 1.807) is 0 Å². The van der Waals surface area contributed by atoms with Crippen LogP contribution in [0.3, 0.4) is 0 Å². The lowest BCUT2D eigenvalue weighted by molar-refractivity contribution is -0.123. The van der Waals surface area contributed by atoms with Crippen LogP contribution in [0.25, 0.3) is 0 Å². The fraction of sp³-hybridized carbons (Fsp3) is 0.750. The van der Waals surface area contributed by atoms with Gasteiger partial charge >= 0.3 is 0 Å². The van der Waals surface area contributed by atoms with Gasteiger partial charge in [0.25, 0.3) is 0 Å². The normalized spacial score (nSPS) is 9.69. The maximum Gasteiger partial charge on any atom is 0.220 e. The summed E-state index contributed by atoms with van der Waals surface area (Å²) in [5, 5.41) is 2.65. The molecule has 0 bridgehead atoms. The number of ether oxygens (including phenoxy) is 1. The Morgan fingerprint density at radius 3 is 2.62 bits per heavy atom. The van der Waals surface area contributed by atoms with Crippen LogP contribution in [0.2, 0.25) is 0 Å². The maximum atomic E-state index is 11.0. The molecule has 1 amide bonds. The Balaban J connectivity index is 3.25. The summed E-state index contributed by atoms with van der Waals surface area (Å²) in [5.41, 5.74) is -0.0417. The molecule has 4 nitrogen and oxygen atoms in total. The molecule has 5 heteroatoms. The smallest absolute Gasteiger partial charge is 0.220 e. The summed E-state index contributed by atoms with van der Waals surface area (Å²) in [6, 6.07) is 0. The molecule has 0 aromatic rings. The van der Waals surface area contributed by atoms with Gasteiger partial charge in [-0.3, -0.25) is 9.59 Å². The molecule has 0 saturated heterocycles. The van der Waals surface area contributed by atoms with Gasteiger partial charge in [-0.05, 0) is 6.92 Å². The molecule has 0 aliphatic heterocycles. The highest BCUT2D eigenvalue weighted by atomic mass is 31.0. The fourth-order valence-corrected chi connectivity index (χ4v) is 0.876. The SMILES string of the molecule is CCOCCNC(=O)CCC(=O)P. The van der Waals surface area contributed by atoms with Gasteiger partial charge in [0, 0.05) is 26.0 Å². The monoisotopic (exact) mass is 205 g/mol. The average molecular weight is 205 g/mol. The Morgan fingerprint density at radius 1 is 1.38 bits per heavy atom. The zero-order valence-electron chi connectivity index (χ0n) is 7.84. The van der Waals surface area contributed by atoms with Gasteiger partial charge in [-0.25, -0.2) is 0 Å². The minimum Gasteiger partial charge on any atom is -0.380 e. The number of amides is 1. The van der Waals surface area contributed by atoms with Crippen molar-refractivity contribution in [1.82, 2.24) is 5.32 Å². The van der Waals surface area contributed by atoms with Crippen LogP contribution < -0.4 is 5.32 Å². The lowest BCUT2D eigenvalue weighted by Crippen LogP contribution is -2.27. The lowest BCUT2D eigenvalue weighted by atomic mass is 10.3. The topological polar surface area (TPSA) is 55.4 Å². The third-order valence-electron chi connectivity index (χ3n) is 1.37. The van der Waals surface area contributed by atoms with Crippen molar-refractivity contribution in [2.24, 2.45) is 0 Å². The van der Waals surface area contributed by atoms with Crippen molar-refractivity contribution in [3.05, 3.63) is 0 Å². The van der Waals surface area contributed by atoms with Crippen molar-refractivity contribution in [2.75, 3.05) is 19.8 Å². The molecule has 0 fully saturated rings. The predicted molar refractivity (Wildman–Crippen MR) is 53.5 cm³/mol. The van der Waals surface area contributed by atoms with Crippen LogP contribution in [0.15, 0.2) is 0 Å². The molecule has 0 rings (SSSR count). The van der Waals surface area contributed by atoms with Crippen molar-refractivity contribution in [2.45, 2.75) is 19.8 Å². The first kappa shape index (κ1) is 12.5. The number of nitrogens with one attached hydrogen (secondary N) is 1. The Bertz CT molecular complexity index is 173. The van der Waals surface area contributed by atoms with Gasteiger partial charge in [-0.2, -0.15) is 0 Å². The standard InChI is InChI=1S/C8H16NO3P/c1-2-12-6-5-9-7(10)3-4-8(11)13/h2-6,13H2,1H3,(H,9,10). The van der Waals surface area contributed by atoms with Crippen molar-refractivity contribution >= 4 is 20.7 Å². The minimum atomic E-state index is -0.101. The molecule has 0 aromatic carbocycles. The Hall–Kier alpha value is -0.470. The minimum absolute atomic E-state index is 0.0417. The number of hydrogen-bond donors (Lipinski definition) is 1. The number of hydrogen-bond acceptors (Lipinski definition) is 3. The van der Waals surface area contributed by atoms with E-state index in [1.165, 1.54) is 0 Å². The molecule has 0 heterocycles. The molecule has 0 saturated carbocycles. The lowest BCUT2D eigenvalue weighted by Gasteiger charge is -2.03. The molecule has 0 spiro atoms. The van der Waals surface area contributed by atoms with E-state index in [2.05, 4.69) is 5.32 Å². The van der Waals surface area contributed by atoms with E-state index >= 15 is 0 Å².